The Balaban J connectivity index is 2.23. The third-order valence-electron chi connectivity index (χ3n) is 3.16. The van der Waals surface area contributed by atoms with E-state index in [9.17, 15) is 9.18 Å². The zero-order valence-electron chi connectivity index (χ0n) is 10.1. The van der Waals surface area contributed by atoms with Crippen molar-refractivity contribution in [3.05, 3.63) is 48.0 Å². The Kier molecular flexibility index (Phi) is 2.41. The van der Waals surface area contributed by atoms with E-state index in [0.717, 1.165) is 16.5 Å². The first-order valence-corrected chi connectivity index (χ1v) is 5.73. The lowest BCUT2D eigenvalue weighted by Gasteiger charge is -1.96. The Morgan fingerprint density at radius 1 is 1.32 bits per heavy atom. The lowest BCUT2D eigenvalue weighted by Crippen LogP contribution is -1.95. The van der Waals surface area contributed by atoms with Crippen LogP contribution in [0.25, 0.3) is 22.2 Å². The first kappa shape index (κ1) is 11.5. The van der Waals surface area contributed by atoms with Gasteiger partial charge in [-0.25, -0.2) is 9.18 Å². The number of carbonyl (C=O) groups is 1. The molecule has 0 radical (unpaired) electrons. The van der Waals surface area contributed by atoms with E-state index < -0.39 is 5.97 Å². The summed E-state index contributed by atoms with van der Waals surface area (Å²) in [5.41, 5.74) is 2.45. The number of benzene rings is 1. The number of nitrogens with zero attached hydrogens (tertiary/aromatic N) is 1. The molecule has 0 spiro atoms. The number of hydrogen-bond donors (Lipinski definition) is 2. The summed E-state index contributed by atoms with van der Waals surface area (Å²) in [7, 11) is 1.87. The standard InChI is InChI=1S/C14H11FN2O2/c1-17-7-10(9-6-8(15)2-5-13(9)17)11-3-4-12(16-11)14(18)19/h2-7,16H,1H3,(H,18,19). The Labute approximate surface area is 108 Å². The first-order chi connectivity index (χ1) is 9.06. The van der Waals surface area contributed by atoms with Gasteiger partial charge in [-0.1, -0.05) is 0 Å². The van der Waals surface area contributed by atoms with Crippen LogP contribution in [-0.4, -0.2) is 20.6 Å². The van der Waals surface area contributed by atoms with E-state index in [4.69, 9.17) is 5.11 Å². The Bertz CT molecular complexity index is 786. The predicted octanol–water partition coefficient (Wildman–Crippen LogP) is 3.01. The second-order valence-corrected chi connectivity index (χ2v) is 4.41. The number of rotatable bonds is 2. The van der Waals surface area contributed by atoms with Crippen LogP contribution in [0.15, 0.2) is 36.5 Å². The van der Waals surface area contributed by atoms with Gasteiger partial charge in [-0.3, -0.25) is 0 Å². The summed E-state index contributed by atoms with van der Waals surface area (Å²) in [4.78, 5) is 13.7. The lowest BCUT2D eigenvalue weighted by molar-refractivity contribution is 0.0691. The number of aromatic carboxylic acids is 1. The molecule has 1 aromatic carbocycles. The molecule has 0 aliphatic carbocycles. The van der Waals surface area contributed by atoms with Crippen molar-refractivity contribution < 1.29 is 14.3 Å². The van der Waals surface area contributed by atoms with E-state index in [2.05, 4.69) is 4.98 Å². The molecule has 5 heteroatoms. The summed E-state index contributed by atoms with van der Waals surface area (Å²) in [5, 5.41) is 9.66. The number of fused-ring (bicyclic) bond motifs is 1. The predicted molar refractivity (Wildman–Crippen MR) is 69.6 cm³/mol. The molecule has 96 valence electrons. The third-order valence-corrected chi connectivity index (χ3v) is 3.16. The molecule has 0 atom stereocenters. The fourth-order valence-electron chi connectivity index (χ4n) is 2.26. The molecular formula is C14H11FN2O2. The van der Waals surface area contributed by atoms with Gasteiger partial charge in [-0.2, -0.15) is 0 Å². The molecule has 4 nitrogen and oxygen atoms in total. The van der Waals surface area contributed by atoms with E-state index in [1.54, 1.807) is 12.1 Å². The maximum atomic E-state index is 13.4. The molecule has 2 N–H and O–H groups in total. The number of hydrogen-bond acceptors (Lipinski definition) is 1. The number of H-pyrrole nitrogens is 1. The normalized spacial score (nSPS) is 11.1. The largest absolute Gasteiger partial charge is 0.477 e. The number of halogens is 1. The number of aromatic amines is 1. The van der Waals surface area contributed by atoms with Crippen molar-refractivity contribution in [2.24, 2.45) is 7.05 Å². The van der Waals surface area contributed by atoms with E-state index >= 15 is 0 Å². The molecule has 0 bridgehead atoms. The topological polar surface area (TPSA) is 58.0 Å². The van der Waals surface area contributed by atoms with Gasteiger partial charge in [-0.15, -0.1) is 0 Å². The second-order valence-electron chi connectivity index (χ2n) is 4.41. The van der Waals surface area contributed by atoms with Crippen molar-refractivity contribution in [1.82, 2.24) is 9.55 Å². The van der Waals surface area contributed by atoms with Gasteiger partial charge in [0.2, 0.25) is 0 Å². The smallest absolute Gasteiger partial charge is 0.352 e. The summed E-state index contributed by atoms with van der Waals surface area (Å²) < 4.78 is 15.2. The average molecular weight is 258 g/mol. The summed E-state index contributed by atoms with van der Waals surface area (Å²) in [5.74, 6) is -1.33. The van der Waals surface area contributed by atoms with Crippen molar-refractivity contribution in [2.45, 2.75) is 0 Å². The molecule has 2 heterocycles. The number of aromatic nitrogens is 2. The fraction of sp³-hybridized carbons (Fsp3) is 0.0714. The van der Waals surface area contributed by atoms with Gasteiger partial charge in [0.25, 0.3) is 0 Å². The molecule has 0 aliphatic heterocycles. The van der Waals surface area contributed by atoms with Gasteiger partial charge < -0.3 is 14.7 Å². The summed E-state index contributed by atoms with van der Waals surface area (Å²) in [6.45, 7) is 0. The molecule has 3 aromatic rings. The molecule has 3 rings (SSSR count). The van der Waals surface area contributed by atoms with Crippen molar-refractivity contribution in [3.63, 3.8) is 0 Å². The Morgan fingerprint density at radius 2 is 2.11 bits per heavy atom. The van der Waals surface area contributed by atoms with Gasteiger partial charge in [0.1, 0.15) is 11.5 Å². The van der Waals surface area contributed by atoms with Crippen LogP contribution in [0.3, 0.4) is 0 Å². The SMILES string of the molecule is Cn1cc(-c2ccc(C(=O)O)[nH]2)c2cc(F)ccc21. The fourth-order valence-corrected chi connectivity index (χ4v) is 2.26. The van der Waals surface area contributed by atoms with Crippen LogP contribution in [0.5, 0.6) is 0 Å². The molecule has 0 saturated heterocycles. The van der Waals surface area contributed by atoms with E-state index in [1.807, 2.05) is 17.8 Å². The van der Waals surface area contributed by atoms with Crippen molar-refractivity contribution in [2.75, 3.05) is 0 Å². The van der Waals surface area contributed by atoms with Crippen LogP contribution in [0.2, 0.25) is 0 Å². The van der Waals surface area contributed by atoms with Gasteiger partial charge in [0.15, 0.2) is 0 Å². The minimum atomic E-state index is -1.02. The van der Waals surface area contributed by atoms with Crippen LogP contribution in [-0.2, 0) is 7.05 Å². The number of aryl methyl sites for hydroxylation is 1. The highest BCUT2D eigenvalue weighted by Gasteiger charge is 2.13. The second kappa shape index (κ2) is 3.98. The molecule has 0 unspecified atom stereocenters. The Hall–Kier alpha value is -2.56. The highest BCUT2D eigenvalue weighted by atomic mass is 19.1. The molecular weight excluding hydrogens is 247 g/mol. The van der Waals surface area contributed by atoms with Crippen molar-refractivity contribution in [3.8, 4) is 11.3 Å². The quantitative estimate of drug-likeness (QED) is 0.742. The molecule has 0 fully saturated rings. The maximum Gasteiger partial charge on any atom is 0.352 e. The van der Waals surface area contributed by atoms with Crippen LogP contribution < -0.4 is 0 Å². The zero-order chi connectivity index (χ0) is 13.6. The van der Waals surface area contributed by atoms with Crippen LogP contribution in [0.4, 0.5) is 4.39 Å². The minimum Gasteiger partial charge on any atom is -0.477 e. The number of nitrogens with one attached hydrogen (secondary N) is 1. The highest BCUT2D eigenvalue weighted by Crippen LogP contribution is 2.30. The van der Waals surface area contributed by atoms with Crippen molar-refractivity contribution >= 4 is 16.9 Å². The van der Waals surface area contributed by atoms with Crippen LogP contribution in [0.1, 0.15) is 10.5 Å². The zero-order valence-corrected chi connectivity index (χ0v) is 10.1. The van der Waals surface area contributed by atoms with Gasteiger partial charge in [-0.05, 0) is 30.3 Å². The lowest BCUT2D eigenvalue weighted by atomic mass is 10.1. The van der Waals surface area contributed by atoms with E-state index in [1.165, 1.54) is 18.2 Å². The molecule has 19 heavy (non-hydrogen) atoms. The van der Waals surface area contributed by atoms with E-state index in [0.29, 0.717) is 5.69 Å². The van der Waals surface area contributed by atoms with Crippen LogP contribution >= 0.6 is 0 Å². The van der Waals surface area contributed by atoms with Crippen LogP contribution in [0, 0.1) is 5.82 Å². The minimum absolute atomic E-state index is 0.114. The molecule has 0 amide bonds. The van der Waals surface area contributed by atoms with Gasteiger partial charge in [0, 0.05) is 35.4 Å². The summed E-state index contributed by atoms with van der Waals surface area (Å²) in [6.07, 6.45) is 1.85. The number of carboxylic acids is 1. The highest BCUT2D eigenvalue weighted by molar-refractivity contribution is 5.96. The van der Waals surface area contributed by atoms with Gasteiger partial charge >= 0.3 is 5.97 Å². The van der Waals surface area contributed by atoms with Crippen molar-refractivity contribution in [1.29, 1.82) is 0 Å². The summed E-state index contributed by atoms with van der Waals surface area (Å²) in [6, 6.07) is 7.74. The van der Waals surface area contributed by atoms with E-state index in [-0.39, 0.29) is 11.5 Å². The average Bonchev–Trinajstić information content (AvgIpc) is 2.94. The first-order valence-electron chi connectivity index (χ1n) is 5.73. The third kappa shape index (κ3) is 1.79. The molecule has 0 aliphatic rings. The molecule has 2 aromatic heterocycles. The van der Waals surface area contributed by atoms with Gasteiger partial charge in [0.05, 0.1) is 0 Å². The molecule has 0 saturated carbocycles. The maximum absolute atomic E-state index is 13.4. The number of carboxylic acid groups (broad SMARTS) is 1. The monoisotopic (exact) mass is 258 g/mol. The Morgan fingerprint density at radius 3 is 2.79 bits per heavy atom. The summed E-state index contributed by atoms with van der Waals surface area (Å²) >= 11 is 0.